The van der Waals surface area contributed by atoms with E-state index in [0.717, 1.165) is 30.5 Å². The molecule has 0 saturated heterocycles. The van der Waals surface area contributed by atoms with Gasteiger partial charge in [-0.3, -0.25) is 4.98 Å². The third-order valence-electron chi connectivity index (χ3n) is 8.77. The molecule has 1 aliphatic heterocycles. The van der Waals surface area contributed by atoms with E-state index in [2.05, 4.69) is 72.7 Å². The minimum atomic E-state index is -0.478. The molecule has 1 fully saturated rings. The zero-order chi connectivity index (χ0) is 24.5. The summed E-state index contributed by atoms with van der Waals surface area (Å²) < 4.78 is 7.00. The quantitative estimate of drug-likeness (QED) is 0.507. The summed E-state index contributed by atoms with van der Waals surface area (Å²) in [6.07, 6.45) is 6.97. The smallest absolute Gasteiger partial charge is 0.111 e. The summed E-state index contributed by atoms with van der Waals surface area (Å²) in [6.45, 7) is 15.8. The lowest BCUT2D eigenvalue weighted by molar-refractivity contribution is -0.0521. The van der Waals surface area contributed by atoms with Gasteiger partial charge in [0, 0.05) is 22.7 Å². The fourth-order valence-corrected chi connectivity index (χ4v) is 6.70. The Labute approximate surface area is 206 Å². The summed E-state index contributed by atoms with van der Waals surface area (Å²) in [5.74, 6) is 0.500. The Morgan fingerprint density at radius 3 is 2.26 bits per heavy atom. The molecule has 3 nitrogen and oxygen atoms in total. The Bertz CT molecular complexity index is 1070. The Morgan fingerprint density at radius 1 is 1.03 bits per heavy atom. The summed E-state index contributed by atoms with van der Waals surface area (Å²) in [4.78, 5) is 5.41. The molecule has 1 aromatic heterocycles. The summed E-state index contributed by atoms with van der Waals surface area (Å²) in [6, 6.07) is 9.04. The van der Waals surface area contributed by atoms with Crippen LogP contribution in [0.4, 0.5) is 0 Å². The molecule has 1 N–H and O–H groups in total. The number of nitrogens with zero attached hydrogens (tertiary/aromatic N) is 1. The molecule has 1 saturated carbocycles. The molecule has 2 aliphatic carbocycles. The highest BCUT2D eigenvalue weighted by molar-refractivity contribution is 5.54. The van der Waals surface area contributed by atoms with Crippen LogP contribution < -0.4 is 0 Å². The second kappa shape index (κ2) is 8.17. The minimum Gasteiger partial charge on any atom is -0.388 e. The van der Waals surface area contributed by atoms with Gasteiger partial charge in [0.05, 0.1) is 17.4 Å². The monoisotopic (exact) mass is 461 g/mol. The number of hydrogen-bond acceptors (Lipinski definition) is 3. The minimum absolute atomic E-state index is 0.0604. The van der Waals surface area contributed by atoms with E-state index >= 15 is 0 Å². The topological polar surface area (TPSA) is 42.4 Å². The average molecular weight is 462 g/mol. The molecule has 34 heavy (non-hydrogen) atoms. The maximum atomic E-state index is 11.4. The van der Waals surface area contributed by atoms with Gasteiger partial charge in [-0.05, 0) is 66.5 Å². The van der Waals surface area contributed by atoms with Gasteiger partial charge in [-0.1, -0.05) is 78.6 Å². The van der Waals surface area contributed by atoms with Gasteiger partial charge in [-0.2, -0.15) is 0 Å². The van der Waals surface area contributed by atoms with E-state index in [-0.39, 0.29) is 16.9 Å². The lowest BCUT2D eigenvalue weighted by Crippen LogP contribution is -2.31. The first kappa shape index (κ1) is 24.0. The summed E-state index contributed by atoms with van der Waals surface area (Å²) in [5.41, 5.74) is 8.31. The first-order valence-corrected chi connectivity index (χ1v) is 13.5. The van der Waals surface area contributed by atoms with Crippen LogP contribution in [-0.4, -0.2) is 10.1 Å². The van der Waals surface area contributed by atoms with Gasteiger partial charge in [0.15, 0.2) is 0 Å². The number of aromatic nitrogens is 1. The predicted molar refractivity (Wildman–Crippen MR) is 138 cm³/mol. The Balaban J connectivity index is 1.73. The van der Waals surface area contributed by atoms with E-state index in [0.29, 0.717) is 5.92 Å². The standard InChI is InChI=1S/C31H43NO2/c1-8-31(7)26-24-22(17-30(5,6)18-23(24)33)32-27(19-11-9-10-12-19)25(26)28(34-31)20-13-15-21(16-14-20)29(2,3)4/h13-16,19,23,28,33H,8-12,17-18H2,1-7H3. The van der Waals surface area contributed by atoms with Crippen LogP contribution in [0, 0.1) is 5.41 Å². The van der Waals surface area contributed by atoms with E-state index in [9.17, 15) is 5.11 Å². The van der Waals surface area contributed by atoms with Crippen LogP contribution in [0.15, 0.2) is 24.3 Å². The van der Waals surface area contributed by atoms with Crippen LogP contribution in [0.25, 0.3) is 0 Å². The average Bonchev–Trinajstić information content (AvgIpc) is 3.39. The van der Waals surface area contributed by atoms with Crippen molar-refractivity contribution in [2.24, 2.45) is 5.41 Å². The van der Waals surface area contributed by atoms with E-state index in [1.54, 1.807) is 0 Å². The second-order valence-electron chi connectivity index (χ2n) is 13.1. The number of aliphatic hydroxyl groups excluding tert-OH is 1. The van der Waals surface area contributed by atoms with Crippen LogP contribution in [0.5, 0.6) is 0 Å². The van der Waals surface area contributed by atoms with Crippen molar-refractivity contribution in [1.29, 1.82) is 0 Å². The Hall–Kier alpha value is -1.71. The third-order valence-corrected chi connectivity index (χ3v) is 8.77. The zero-order valence-corrected chi connectivity index (χ0v) is 22.3. The highest BCUT2D eigenvalue weighted by Crippen LogP contribution is 2.56. The van der Waals surface area contributed by atoms with Crippen molar-refractivity contribution in [2.45, 2.75) is 123 Å². The SMILES string of the molecule is CCC1(C)OC(c2ccc(C(C)(C)C)cc2)c2c(C3CCCC3)nc3c(c21)C(O)CC(C)(C)C3. The van der Waals surface area contributed by atoms with Crippen LogP contribution in [0.1, 0.15) is 144 Å². The molecule has 5 rings (SSSR count). The lowest BCUT2D eigenvalue weighted by Gasteiger charge is -2.38. The Kier molecular flexibility index (Phi) is 5.77. The number of fused-ring (bicyclic) bond motifs is 3. The number of hydrogen-bond donors (Lipinski definition) is 1. The van der Waals surface area contributed by atoms with Crippen molar-refractivity contribution in [3.63, 3.8) is 0 Å². The lowest BCUT2D eigenvalue weighted by atomic mass is 9.70. The van der Waals surface area contributed by atoms with Gasteiger partial charge in [0.25, 0.3) is 0 Å². The van der Waals surface area contributed by atoms with E-state index in [1.807, 2.05) is 0 Å². The molecular formula is C31H43NO2. The summed E-state index contributed by atoms with van der Waals surface area (Å²) in [5, 5.41) is 11.4. The van der Waals surface area contributed by atoms with Crippen molar-refractivity contribution in [3.05, 3.63) is 63.5 Å². The summed E-state index contributed by atoms with van der Waals surface area (Å²) in [7, 11) is 0. The third kappa shape index (κ3) is 3.93. The van der Waals surface area contributed by atoms with Crippen LogP contribution in [0.3, 0.4) is 0 Å². The van der Waals surface area contributed by atoms with E-state index in [1.165, 1.54) is 53.6 Å². The van der Waals surface area contributed by atoms with Crippen molar-refractivity contribution in [3.8, 4) is 0 Å². The number of pyridine rings is 1. The van der Waals surface area contributed by atoms with Crippen LogP contribution in [-0.2, 0) is 22.2 Å². The van der Waals surface area contributed by atoms with Crippen molar-refractivity contribution in [1.82, 2.24) is 4.98 Å². The van der Waals surface area contributed by atoms with Crippen molar-refractivity contribution >= 4 is 0 Å². The first-order valence-electron chi connectivity index (χ1n) is 13.5. The van der Waals surface area contributed by atoms with Gasteiger partial charge < -0.3 is 9.84 Å². The summed E-state index contributed by atoms with van der Waals surface area (Å²) >= 11 is 0. The zero-order valence-electron chi connectivity index (χ0n) is 22.3. The molecule has 3 unspecified atom stereocenters. The molecule has 3 heteroatoms. The normalized spacial score (nSPS) is 28.7. The molecule has 0 spiro atoms. The van der Waals surface area contributed by atoms with Gasteiger partial charge in [0.1, 0.15) is 6.10 Å². The van der Waals surface area contributed by atoms with Gasteiger partial charge in [-0.15, -0.1) is 0 Å². The number of rotatable bonds is 3. The van der Waals surface area contributed by atoms with Crippen molar-refractivity contribution in [2.75, 3.05) is 0 Å². The van der Waals surface area contributed by atoms with Crippen LogP contribution >= 0.6 is 0 Å². The van der Waals surface area contributed by atoms with Gasteiger partial charge >= 0.3 is 0 Å². The first-order chi connectivity index (χ1) is 15.9. The molecule has 3 atom stereocenters. The number of benzene rings is 1. The molecule has 3 aliphatic rings. The molecule has 1 aromatic carbocycles. The fraction of sp³-hybridized carbons (Fsp3) is 0.645. The number of ether oxygens (including phenoxy) is 1. The molecule has 184 valence electrons. The fourth-order valence-electron chi connectivity index (χ4n) is 6.70. The molecule has 2 aromatic rings. The molecule has 2 heterocycles. The molecule has 0 amide bonds. The molecule has 0 bridgehead atoms. The molecular weight excluding hydrogens is 418 g/mol. The van der Waals surface area contributed by atoms with E-state index in [4.69, 9.17) is 9.72 Å². The highest BCUT2D eigenvalue weighted by Gasteiger charge is 2.49. The predicted octanol–water partition coefficient (Wildman–Crippen LogP) is 7.79. The van der Waals surface area contributed by atoms with E-state index < -0.39 is 11.7 Å². The van der Waals surface area contributed by atoms with Gasteiger partial charge in [0.2, 0.25) is 0 Å². The van der Waals surface area contributed by atoms with Crippen molar-refractivity contribution < 1.29 is 9.84 Å². The van der Waals surface area contributed by atoms with Crippen LogP contribution in [0.2, 0.25) is 0 Å². The maximum absolute atomic E-state index is 11.4. The molecule has 0 radical (unpaired) electrons. The van der Waals surface area contributed by atoms with Gasteiger partial charge in [-0.25, -0.2) is 0 Å². The number of aliphatic hydroxyl groups is 1. The second-order valence-corrected chi connectivity index (χ2v) is 13.1. The largest absolute Gasteiger partial charge is 0.388 e. The Morgan fingerprint density at radius 2 is 1.68 bits per heavy atom. The maximum Gasteiger partial charge on any atom is 0.111 e. The highest BCUT2D eigenvalue weighted by atomic mass is 16.5.